The van der Waals surface area contributed by atoms with Crippen LogP contribution in [0.5, 0.6) is 5.75 Å². The lowest BCUT2D eigenvalue weighted by Crippen LogP contribution is -2.83. The SMILES string of the molecule is COc1ccccc1[C@]1(CC[NH2+]Cc2ccccc2F)CCO[C@H](C(C)C)C1. The quantitative estimate of drug-likeness (QED) is 0.695. The van der Waals surface area contributed by atoms with Crippen molar-refractivity contribution in [2.24, 2.45) is 5.92 Å². The Balaban J connectivity index is 1.76. The van der Waals surface area contributed by atoms with E-state index in [2.05, 4.69) is 37.4 Å². The van der Waals surface area contributed by atoms with Crippen LogP contribution in [0.1, 0.15) is 44.2 Å². The fourth-order valence-corrected chi connectivity index (χ4v) is 4.37. The van der Waals surface area contributed by atoms with Crippen molar-refractivity contribution in [2.45, 2.75) is 51.2 Å². The van der Waals surface area contributed by atoms with Gasteiger partial charge in [0.25, 0.3) is 0 Å². The predicted octanol–water partition coefficient (Wildman–Crippen LogP) is 4.06. The first-order valence-electron chi connectivity index (χ1n) is 10.4. The van der Waals surface area contributed by atoms with Crippen LogP contribution in [-0.2, 0) is 16.7 Å². The highest BCUT2D eigenvalue weighted by Crippen LogP contribution is 2.44. The van der Waals surface area contributed by atoms with Gasteiger partial charge in [0.1, 0.15) is 18.1 Å². The third-order valence-corrected chi connectivity index (χ3v) is 6.08. The van der Waals surface area contributed by atoms with Crippen LogP contribution in [0.4, 0.5) is 4.39 Å². The van der Waals surface area contributed by atoms with E-state index in [-0.39, 0.29) is 17.3 Å². The maximum atomic E-state index is 13.9. The lowest BCUT2D eigenvalue weighted by Gasteiger charge is -2.43. The molecule has 0 aliphatic carbocycles. The third-order valence-electron chi connectivity index (χ3n) is 6.08. The molecule has 3 nitrogen and oxygen atoms in total. The Morgan fingerprint density at radius 1 is 1.18 bits per heavy atom. The molecule has 152 valence electrons. The van der Waals surface area contributed by atoms with E-state index in [4.69, 9.17) is 9.47 Å². The second-order valence-corrected chi connectivity index (χ2v) is 8.21. The van der Waals surface area contributed by atoms with Crippen LogP contribution < -0.4 is 10.1 Å². The zero-order chi connectivity index (χ0) is 20.0. The molecule has 0 unspecified atom stereocenters. The normalized spacial score (nSPS) is 22.4. The lowest BCUT2D eigenvalue weighted by atomic mass is 9.68. The number of rotatable bonds is 8. The Morgan fingerprint density at radius 3 is 2.68 bits per heavy atom. The molecule has 1 heterocycles. The van der Waals surface area contributed by atoms with Crippen LogP contribution in [0.3, 0.4) is 0 Å². The average Bonchev–Trinajstić information content (AvgIpc) is 2.72. The first kappa shape index (κ1) is 20.8. The fourth-order valence-electron chi connectivity index (χ4n) is 4.37. The molecule has 0 saturated carbocycles. The van der Waals surface area contributed by atoms with Gasteiger partial charge in [0.2, 0.25) is 0 Å². The van der Waals surface area contributed by atoms with E-state index in [1.54, 1.807) is 13.2 Å². The summed E-state index contributed by atoms with van der Waals surface area (Å²) in [5.74, 6) is 1.32. The number of halogens is 1. The number of quaternary nitrogens is 1. The van der Waals surface area contributed by atoms with E-state index in [0.717, 1.165) is 43.7 Å². The predicted molar refractivity (Wildman–Crippen MR) is 110 cm³/mol. The van der Waals surface area contributed by atoms with Gasteiger partial charge in [0, 0.05) is 29.6 Å². The Labute approximate surface area is 168 Å². The summed E-state index contributed by atoms with van der Waals surface area (Å²) in [6.45, 7) is 6.84. The van der Waals surface area contributed by atoms with E-state index in [1.807, 2.05) is 18.2 Å². The fraction of sp³-hybridized carbons (Fsp3) is 0.500. The number of hydrogen-bond acceptors (Lipinski definition) is 2. The van der Waals surface area contributed by atoms with Gasteiger partial charge < -0.3 is 14.8 Å². The van der Waals surface area contributed by atoms with E-state index in [1.165, 1.54) is 11.6 Å². The van der Waals surface area contributed by atoms with E-state index in [0.29, 0.717) is 12.5 Å². The highest BCUT2D eigenvalue weighted by Gasteiger charge is 2.41. The van der Waals surface area contributed by atoms with Crippen molar-refractivity contribution in [3.63, 3.8) is 0 Å². The van der Waals surface area contributed by atoms with Crippen LogP contribution in [0.15, 0.2) is 48.5 Å². The molecule has 1 saturated heterocycles. The van der Waals surface area contributed by atoms with Gasteiger partial charge in [-0.1, -0.05) is 50.2 Å². The molecule has 1 aliphatic rings. The van der Waals surface area contributed by atoms with Crippen molar-refractivity contribution in [1.29, 1.82) is 0 Å². The third kappa shape index (κ3) is 4.73. The smallest absolute Gasteiger partial charge is 0.132 e. The zero-order valence-corrected chi connectivity index (χ0v) is 17.3. The summed E-state index contributed by atoms with van der Waals surface area (Å²) in [7, 11) is 1.75. The second kappa shape index (κ2) is 9.53. The molecule has 0 amide bonds. The summed E-state index contributed by atoms with van der Waals surface area (Å²) in [5, 5.41) is 2.22. The monoisotopic (exact) mass is 386 g/mol. The van der Waals surface area contributed by atoms with Crippen LogP contribution in [0, 0.1) is 11.7 Å². The molecule has 1 aliphatic heterocycles. The summed E-state index contributed by atoms with van der Waals surface area (Å²) in [6, 6.07) is 15.4. The largest absolute Gasteiger partial charge is 0.496 e. The maximum absolute atomic E-state index is 13.9. The van der Waals surface area contributed by atoms with Crippen LogP contribution in [0.25, 0.3) is 0 Å². The zero-order valence-electron chi connectivity index (χ0n) is 17.3. The molecular weight excluding hydrogens is 353 g/mol. The van der Waals surface area contributed by atoms with Crippen molar-refractivity contribution in [2.75, 3.05) is 20.3 Å². The topological polar surface area (TPSA) is 35.1 Å². The number of hydrogen-bond donors (Lipinski definition) is 1. The molecule has 0 bridgehead atoms. The highest BCUT2D eigenvalue weighted by atomic mass is 19.1. The number of methoxy groups -OCH3 is 1. The van der Waals surface area contributed by atoms with Gasteiger partial charge in [-0.05, 0) is 30.9 Å². The van der Waals surface area contributed by atoms with Crippen LogP contribution in [-0.4, -0.2) is 26.4 Å². The molecular formula is C24H33FNO2+. The lowest BCUT2D eigenvalue weighted by molar-refractivity contribution is -0.672. The van der Waals surface area contributed by atoms with E-state index < -0.39 is 0 Å². The molecule has 3 rings (SSSR count). The summed E-state index contributed by atoms with van der Waals surface area (Å²) in [5.41, 5.74) is 2.08. The molecule has 2 N–H and O–H groups in total. The molecule has 0 aromatic heterocycles. The number of benzene rings is 2. The van der Waals surface area contributed by atoms with Crippen LogP contribution in [0.2, 0.25) is 0 Å². The van der Waals surface area contributed by atoms with Gasteiger partial charge >= 0.3 is 0 Å². The number of ether oxygens (including phenoxy) is 2. The number of para-hydroxylation sites is 1. The Kier molecular flexibility index (Phi) is 7.08. The van der Waals surface area contributed by atoms with Crippen molar-refractivity contribution in [3.05, 3.63) is 65.5 Å². The van der Waals surface area contributed by atoms with Crippen molar-refractivity contribution in [1.82, 2.24) is 0 Å². The summed E-state index contributed by atoms with van der Waals surface area (Å²) < 4.78 is 25.7. The molecule has 0 spiro atoms. The number of nitrogens with two attached hydrogens (primary N) is 1. The molecule has 0 radical (unpaired) electrons. The standard InChI is InChI=1S/C24H32FNO2/c1-18(2)23-16-24(13-15-28-23,20-9-5-7-11-22(20)27-3)12-14-26-17-19-8-4-6-10-21(19)25/h4-11,18,23,26H,12-17H2,1-3H3/p+1/t23-,24+/m0/s1. The molecule has 1 fully saturated rings. The average molecular weight is 387 g/mol. The molecule has 2 aromatic carbocycles. The van der Waals surface area contributed by atoms with Gasteiger partial charge in [-0.2, -0.15) is 0 Å². The van der Waals surface area contributed by atoms with Crippen molar-refractivity contribution in [3.8, 4) is 5.75 Å². The Bertz CT molecular complexity index is 764. The Morgan fingerprint density at radius 2 is 1.93 bits per heavy atom. The van der Waals surface area contributed by atoms with Gasteiger partial charge in [-0.15, -0.1) is 0 Å². The minimum absolute atomic E-state index is 0.0333. The van der Waals surface area contributed by atoms with Crippen LogP contribution >= 0.6 is 0 Å². The molecule has 2 aromatic rings. The highest BCUT2D eigenvalue weighted by molar-refractivity contribution is 5.40. The van der Waals surface area contributed by atoms with Gasteiger partial charge in [-0.3, -0.25) is 0 Å². The molecule has 2 atom stereocenters. The minimum Gasteiger partial charge on any atom is -0.496 e. The van der Waals surface area contributed by atoms with E-state index in [9.17, 15) is 4.39 Å². The minimum atomic E-state index is -0.121. The van der Waals surface area contributed by atoms with Crippen molar-refractivity contribution < 1.29 is 19.2 Å². The maximum Gasteiger partial charge on any atom is 0.132 e. The molecule has 4 heteroatoms. The first-order chi connectivity index (χ1) is 13.6. The first-order valence-corrected chi connectivity index (χ1v) is 10.4. The van der Waals surface area contributed by atoms with Gasteiger partial charge in [0.15, 0.2) is 0 Å². The van der Waals surface area contributed by atoms with Gasteiger partial charge in [0.05, 0.1) is 19.8 Å². The summed E-state index contributed by atoms with van der Waals surface area (Å²) in [4.78, 5) is 0. The second-order valence-electron chi connectivity index (χ2n) is 8.21. The summed E-state index contributed by atoms with van der Waals surface area (Å²) in [6.07, 6.45) is 3.27. The summed E-state index contributed by atoms with van der Waals surface area (Å²) >= 11 is 0. The van der Waals surface area contributed by atoms with Gasteiger partial charge in [-0.25, -0.2) is 4.39 Å². The van der Waals surface area contributed by atoms with Crippen molar-refractivity contribution >= 4 is 0 Å². The Hall–Kier alpha value is -1.91. The molecule has 28 heavy (non-hydrogen) atoms. The van der Waals surface area contributed by atoms with E-state index >= 15 is 0 Å².